The number of ether oxygens (including phenoxy) is 1. The monoisotopic (exact) mass is 384 g/mol. The number of amides is 1. The van der Waals surface area contributed by atoms with E-state index in [4.69, 9.17) is 4.74 Å². The third kappa shape index (κ3) is 12.8. The highest BCUT2D eigenvalue weighted by Crippen LogP contribution is 2.12. The van der Waals surface area contributed by atoms with Crippen LogP contribution in [0.2, 0.25) is 0 Å². The Balaban J connectivity index is 1.95. The van der Waals surface area contributed by atoms with E-state index < -0.39 is 11.6 Å². The van der Waals surface area contributed by atoms with Crippen LogP contribution in [0.1, 0.15) is 91.4 Å². The van der Waals surface area contributed by atoms with Crippen LogP contribution in [0, 0.1) is 0 Å². The third-order valence-electron chi connectivity index (χ3n) is 4.80. The third-order valence-corrected chi connectivity index (χ3v) is 4.80. The largest absolute Gasteiger partial charge is 0.460 e. The van der Waals surface area contributed by atoms with Crippen molar-refractivity contribution in [2.45, 2.75) is 97.0 Å². The highest BCUT2D eigenvalue weighted by Gasteiger charge is 2.18. The number of hydrogen-bond donors (Lipinski definition) is 1. The first-order valence-corrected chi connectivity index (χ1v) is 10.7. The van der Waals surface area contributed by atoms with E-state index in [1.54, 1.807) is 20.8 Å². The SMILES string of the molecule is CC(C)(C)OC(=O)CCN(O)C(=O)CCCCCCCCN1CCCCC1. The molecule has 0 aromatic carbocycles. The van der Waals surface area contributed by atoms with Crippen molar-refractivity contribution in [1.82, 2.24) is 9.96 Å². The summed E-state index contributed by atoms with van der Waals surface area (Å²) in [5.41, 5.74) is -0.546. The Morgan fingerprint density at radius 2 is 1.52 bits per heavy atom. The number of likely N-dealkylation sites (tertiary alicyclic amines) is 1. The standard InChI is InChI=1S/C21H40N2O4/c1-21(2,3)27-20(25)14-18-23(26)19(24)13-9-6-4-5-7-10-15-22-16-11-8-12-17-22/h26H,4-18H2,1-3H3. The predicted octanol–water partition coefficient (Wildman–Crippen LogP) is 4.15. The number of rotatable bonds is 12. The van der Waals surface area contributed by atoms with E-state index in [2.05, 4.69) is 4.90 Å². The molecule has 0 aromatic rings. The lowest BCUT2D eigenvalue weighted by molar-refractivity contribution is -0.170. The lowest BCUT2D eigenvalue weighted by atomic mass is 10.1. The Kier molecular flexibility index (Phi) is 11.6. The van der Waals surface area contributed by atoms with Crippen molar-refractivity contribution in [2.24, 2.45) is 0 Å². The molecule has 0 bridgehead atoms. The summed E-state index contributed by atoms with van der Waals surface area (Å²) in [4.78, 5) is 26.0. The molecule has 0 saturated carbocycles. The Morgan fingerprint density at radius 1 is 0.926 bits per heavy atom. The van der Waals surface area contributed by atoms with Gasteiger partial charge in [-0.05, 0) is 66.1 Å². The van der Waals surface area contributed by atoms with Gasteiger partial charge in [-0.1, -0.05) is 32.1 Å². The zero-order valence-corrected chi connectivity index (χ0v) is 17.7. The van der Waals surface area contributed by atoms with Gasteiger partial charge in [0.1, 0.15) is 5.60 Å². The van der Waals surface area contributed by atoms with E-state index in [9.17, 15) is 14.8 Å². The maximum Gasteiger partial charge on any atom is 0.308 e. The number of nitrogens with zero attached hydrogens (tertiary/aromatic N) is 2. The summed E-state index contributed by atoms with van der Waals surface area (Å²) in [5, 5.41) is 10.4. The molecule has 0 aromatic heterocycles. The number of unbranched alkanes of at least 4 members (excludes halogenated alkanes) is 5. The van der Waals surface area contributed by atoms with Crippen LogP contribution in [-0.4, -0.2) is 58.8 Å². The van der Waals surface area contributed by atoms with Gasteiger partial charge in [0.25, 0.3) is 0 Å². The molecular weight excluding hydrogens is 344 g/mol. The van der Waals surface area contributed by atoms with Gasteiger partial charge in [-0.3, -0.25) is 14.8 Å². The molecule has 0 spiro atoms. The van der Waals surface area contributed by atoms with E-state index in [1.165, 1.54) is 58.2 Å². The van der Waals surface area contributed by atoms with E-state index in [0.29, 0.717) is 11.5 Å². The molecule has 1 N–H and O–H groups in total. The Labute approximate surface area is 165 Å². The molecule has 27 heavy (non-hydrogen) atoms. The number of esters is 1. The minimum Gasteiger partial charge on any atom is -0.460 e. The number of carbonyl (C=O) groups excluding carboxylic acids is 2. The first kappa shape index (κ1) is 23.9. The lowest BCUT2D eigenvalue weighted by Crippen LogP contribution is -2.31. The van der Waals surface area contributed by atoms with Crippen molar-refractivity contribution in [3.8, 4) is 0 Å². The Morgan fingerprint density at radius 3 is 2.15 bits per heavy atom. The van der Waals surface area contributed by atoms with Crippen LogP contribution in [0.4, 0.5) is 0 Å². The Bertz CT molecular complexity index is 428. The topological polar surface area (TPSA) is 70.1 Å². The number of hydrogen-bond acceptors (Lipinski definition) is 5. The van der Waals surface area contributed by atoms with Gasteiger partial charge >= 0.3 is 5.97 Å². The van der Waals surface area contributed by atoms with Crippen molar-refractivity contribution >= 4 is 11.9 Å². The number of carbonyl (C=O) groups is 2. The molecule has 1 saturated heterocycles. The quantitative estimate of drug-likeness (QED) is 0.237. The van der Waals surface area contributed by atoms with Crippen molar-refractivity contribution in [2.75, 3.05) is 26.2 Å². The zero-order valence-electron chi connectivity index (χ0n) is 17.7. The maximum atomic E-state index is 11.9. The highest BCUT2D eigenvalue weighted by molar-refractivity contribution is 5.76. The summed E-state index contributed by atoms with van der Waals surface area (Å²) in [6, 6.07) is 0. The average Bonchev–Trinajstić information content (AvgIpc) is 2.61. The summed E-state index contributed by atoms with van der Waals surface area (Å²) in [6.45, 7) is 9.14. The fraction of sp³-hybridized carbons (Fsp3) is 0.905. The van der Waals surface area contributed by atoms with Crippen LogP contribution in [0.3, 0.4) is 0 Å². The average molecular weight is 385 g/mol. The Hall–Kier alpha value is -1.14. The van der Waals surface area contributed by atoms with Crippen LogP contribution in [0.25, 0.3) is 0 Å². The van der Waals surface area contributed by atoms with Crippen LogP contribution < -0.4 is 0 Å². The molecule has 0 unspecified atom stereocenters. The summed E-state index contributed by atoms with van der Waals surface area (Å²) < 4.78 is 5.16. The van der Waals surface area contributed by atoms with Gasteiger partial charge in [0.05, 0.1) is 13.0 Å². The molecule has 1 aliphatic heterocycles. The van der Waals surface area contributed by atoms with Crippen molar-refractivity contribution < 1.29 is 19.5 Å². The van der Waals surface area contributed by atoms with Crippen molar-refractivity contribution in [3.63, 3.8) is 0 Å². The second kappa shape index (κ2) is 13.1. The molecule has 1 rings (SSSR count). The maximum absolute atomic E-state index is 11.9. The molecule has 158 valence electrons. The van der Waals surface area contributed by atoms with Gasteiger partial charge in [0.15, 0.2) is 0 Å². The molecule has 1 aliphatic rings. The molecule has 0 atom stereocenters. The minimum absolute atomic E-state index is 0.00968. The second-order valence-electron chi connectivity index (χ2n) is 8.63. The second-order valence-corrected chi connectivity index (χ2v) is 8.63. The van der Waals surface area contributed by atoms with Crippen molar-refractivity contribution in [3.05, 3.63) is 0 Å². The zero-order chi connectivity index (χ0) is 20.1. The fourth-order valence-corrected chi connectivity index (χ4v) is 3.35. The molecule has 0 radical (unpaired) electrons. The summed E-state index contributed by atoms with van der Waals surface area (Å²) >= 11 is 0. The summed E-state index contributed by atoms with van der Waals surface area (Å²) in [7, 11) is 0. The van der Waals surface area contributed by atoms with Gasteiger partial charge in [0, 0.05) is 6.42 Å². The van der Waals surface area contributed by atoms with E-state index in [1.807, 2.05) is 0 Å². The number of piperidine rings is 1. The molecule has 6 heteroatoms. The van der Waals surface area contributed by atoms with Crippen LogP contribution in [-0.2, 0) is 14.3 Å². The van der Waals surface area contributed by atoms with Crippen LogP contribution >= 0.6 is 0 Å². The summed E-state index contributed by atoms with van der Waals surface area (Å²) in [6.07, 6.45) is 11.1. The van der Waals surface area contributed by atoms with Crippen LogP contribution in [0.5, 0.6) is 0 Å². The lowest BCUT2D eigenvalue weighted by Gasteiger charge is -2.26. The first-order valence-electron chi connectivity index (χ1n) is 10.7. The van der Waals surface area contributed by atoms with Gasteiger partial charge in [-0.2, -0.15) is 0 Å². The van der Waals surface area contributed by atoms with Crippen molar-refractivity contribution in [1.29, 1.82) is 0 Å². The highest BCUT2D eigenvalue weighted by atomic mass is 16.6. The van der Waals surface area contributed by atoms with Gasteiger partial charge in [0.2, 0.25) is 5.91 Å². The van der Waals surface area contributed by atoms with E-state index >= 15 is 0 Å². The minimum atomic E-state index is -0.546. The fourth-order valence-electron chi connectivity index (χ4n) is 3.35. The molecule has 1 heterocycles. The first-order chi connectivity index (χ1) is 12.8. The van der Waals surface area contributed by atoms with Gasteiger partial charge < -0.3 is 9.64 Å². The molecule has 0 aliphatic carbocycles. The predicted molar refractivity (Wildman–Crippen MR) is 107 cm³/mol. The molecule has 1 amide bonds. The van der Waals surface area contributed by atoms with Gasteiger partial charge in [-0.25, -0.2) is 5.06 Å². The normalized spacial score (nSPS) is 15.6. The molecule has 1 fully saturated rings. The summed E-state index contributed by atoms with van der Waals surface area (Å²) in [5.74, 6) is -0.720. The van der Waals surface area contributed by atoms with E-state index in [0.717, 1.165) is 19.3 Å². The molecular formula is C21H40N2O4. The number of hydroxylamine groups is 2. The van der Waals surface area contributed by atoms with E-state index in [-0.39, 0.29) is 18.9 Å². The van der Waals surface area contributed by atoms with Crippen LogP contribution in [0.15, 0.2) is 0 Å². The smallest absolute Gasteiger partial charge is 0.308 e. The molecule has 6 nitrogen and oxygen atoms in total. The van der Waals surface area contributed by atoms with Gasteiger partial charge in [-0.15, -0.1) is 0 Å².